The first-order valence-corrected chi connectivity index (χ1v) is 11.3. The molecule has 3 aromatic heterocycles. The highest BCUT2D eigenvalue weighted by Gasteiger charge is 2.35. The first-order valence-electron chi connectivity index (χ1n) is 11.3. The maximum atomic E-state index is 4.63. The van der Waals surface area contributed by atoms with Crippen molar-refractivity contribution >= 4 is 35.4 Å². The minimum absolute atomic E-state index is 0.380. The van der Waals surface area contributed by atoms with Gasteiger partial charge < -0.3 is 0 Å². The molecule has 0 bridgehead atoms. The van der Waals surface area contributed by atoms with Gasteiger partial charge in [-0.3, -0.25) is 15.0 Å². The molecule has 10 nitrogen and oxygen atoms in total. The van der Waals surface area contributed by atoms with Crippen molar-refractivity contribution < 1.29 is 0 Å². The van der Waals surface area contributed by atoms with Gasteiger partial charge in [0.25, 0.3) is 0 Å². The van der Waals surface area contributed by atoms with Crippen LogP contribution in [0.25, 0.3) is 0 Å². The van der Waals surface area contributed by atoms with Gasteiger partial charge in [0.2, 0.25) is 17.9 Å². The average molecular weight is 463 g/mol. The molecule has 0 saturated heterocycles. The highest BCUT2D eigenvalue weighted by atomic mass is 15.5. The van der Waals surface area contributed by atoms with Crippen molar-refractivity contribution in [2.24, 2.45) is 30.0 Å². The molecule has 10 heteroatoms. The van der Waals surface area contributed by atoms with Gasteiger partial charge >= 0.3 is 0 Å². The standard InChI is InChI=1S/C21H12N10.C4H10/c1-4-13(10-22-7-1)16-25-19-27-17(14-5-2-8-23-11-14)29-21-30-18(15-6-3-9-24-12-15)28-20(26-16)31(19)21;1-3-4-2/h1-12H;3-4H2,1-2H3. The van der Waals surface area contributed by atoms with Crippen LogP contribution in [0.2, 0.25) is 0 Å². The van der Waals surface area contributed by atoms with Crippen molar-refractivity contribution in [3.8, 4) is 0 Å². The molecule has 0 N–H and O–H groups in total. The molecule has 3 aliphatic rings. The molecule has 35 heavy (non-hydrogen) atoms. The summed E-state index contributed by atoms with van der Waals surface area (Å²) in [6.45, 7) is 4.36. The Labute approximate surface area is 202 Å². The first kappa shape index (κ1) is 22.1. The number of hydrogen-bond acceptors (Lipinski definition) is 10. The fraction of sp³-hybridized carbons (Fsp3) is 0.160. The van der Waals surface area contributed by atoms with Gasteiger partial charge in [0, 0.05) is 53.9 Å². The molecule has 0 fully saturated rings. The van der Waals surface area contributed by atoms with Crippen LogP contribution in [-0.2, 0) is 0 Å². The van der Waals surface area contributed by atoms with Crippen molar-refractivity contribution in [3.05, 3.63) is 90.3 Å². The predicted octanol–water partition coefficient (Wildman–Crippen LogP) is 3.73. The number of guanidine groups is 3. The molecule has 0 unspecified atom stereocenters. The van der Waals surface area contributed by atoms with Gasteiger partial charge in [-0.25, -0.2) is 4.90 Å². The molecule has 3 aliphatic heterocycles. The molecule has 0 radical (unpaired) electrons. The van der Waals surface area contributed by atoms with E-state index < -0.39 is 0 Å². The fourth-order valence-corrected chi connectivity index (χ4v) is 3.16. The van der Waals surface area contributed by atoms with E-state index in [1.165, 1.54) is 12.8 Å². The van der Waals surface area contributed by atoms with E-state index in [0.29, 0.717) is 35.4 Å². The smallest absolute Gasteiger partial charge is 0.243 e. The molecule has 0 saturated carbocycles. The van der Waals surface area contributed by atoms with Gasteiger partial charge in [-0.15, -0.1) is 0 Å². The number of unbranched alkanes of at least 4 members (excludes halogenated alkanes) is 1. The number of hydrogen-bond donors (Lipinski definition) is 0. The normalized spacial score (nSPS) is 15.8. The monoisotopic (exact) mass is 462 g/mol. The summed E-state index contributed by atoms with van der Waals surface area (Å²) < 4.78 is 0. The zero-order valence-corrected chi connectivity index (χ0v) is 19.3. The fourth-order valence-electron chi connectivity index (χ4n) is 3.16. The van der Waals surface area contributed by atoms with E-state index >= 15 is 0 Å². The van der Waals surface area contributed by atoms with Crippen molar-refractivity contribution in [3.63, 3.8) is 0 Å². The summed E-state index contributed by atoms with van der Waals surface area (Å²) >= 11 is 0. The van der Waals surface area contributed by atoms with Crippen molar-refractivity contribution in [2.45, 2.75) is 26.7 Å². The van der Waals surface area contributed by atoms with E-state index in [-0.39, 0.29) is 0 Å². The van der Waals surface area contributed by atoms with Crippen LogP contribution >= 0.6 is 0 Å². The van der Waals surface area contributed by atoms with Crippen molar-refractivity contribution in [2.75, 3.05) is 0 Å². The van der Waals surface area contributed by atoms with Crippen LogP contribution < -0.4 is 0 Å². The lowest BCUT2D eigenvalue weighted by Gasteiger charge is -2.30. The van der Waals surface area contributed by atoms with Crippen LogP contribution in [0.3, 0.4) is 0 Å². The van der Waals surface area contributed by atoms with E-state index in [2.05, 4.69) is 58.8 Å². The molecule has 3 aromatic rings. The summed E-state index contributed by atoms with van der Waals surface area (Å²) in [5.74, 6) is 2.52. The SMILES string of the molecule is CCCC.c1cncc(C2=NC3=NC(c4cccnc4)=NC4=NC(c5cccnc5)=NC(=N2)N34)c1. The van der Waals surface area contributed by atoms with Gasteiger partial charge in [0.05, 0.1) is 0 Å². The van der Waals surface area contributed by atoms with E-state index in [0.717, 1.165) is 16.7 Å². The lowest BCUT2D eigenvalue weighted by Crippen LogP contribution is -2.48. The minimum atomic E-state index is 0.380. The summed E-state index contributed by atoms with van der Waals surface area (Å²) in [6, 6.07) is 11.1. The lowest BCUT2D eigenvalue weighted by molar-refractivity contribution is 0.828. The van der Waals surface area contributed by atoms with Crippen molar-refractivity contribution in [1.29, 1.82) is 0 Å². The van der Waals surface area contributed by atoms with E-state index in [1.54, 1.807) is 42.1 Å². The number of pyridine rings is 3. The summed E-state index contributed by atoms with van der Waals surface area (Å²) in [5, 5.41) is 0. The highest BCUT2D eigenvalue weighted by Crippen LogP contribution is 2.22. The van der Waals surface area contributed by atoms with Crippen LogP contribution in [0.5, 0.6) is 0 Å². The third-order valence-electron chi connectivity index (χ3n) is 5.09. The van der Waals surface area contributed by atoms with Gasteiger partial charge in [0.1, 0.15) is 0 Å². The number of amidine groups is 3. The Kier molecular flexibility index (Phi) is 6.33. The molecular weight excluding hydrogens is 440 g/mol. The summed E-state index contributed by atoms with van der Waals surface area (Å²) in [5.41, 5.74) is 2.26. The van der Waals surface area contributed by atoms with Crippen LogP contribution in [0.15, 0.2) is 104 Å². The van der Waals surface area contributed by atoms with E-state index in [1.807, 2.05) is 36.4 Å². The number of aliphatic imine (C=N–C) groups is 6. The Morgan fingerprint density at radius 2 is 0.857 bits per heavy atom. The Bertz CT molecular complexity index is 1220. The van der Waals surface area contributed by atoms with Crippen LogP contribution in [-0.4, -0.2) is 55.2 Å². The zero-order chi connectivity index (χ0) is 24.0. The summed E-state index contributed by atoms with van der Waals surface area (Å²) in [6.07, 6.45) is 12.8. The predicted molar refractivity (Wildman–Crippen MR) is 137 cm³/mol. The third kappa shape index (κ3) is 4.67. The van der Waals surface area contributed by atoms with E-state index in [9.17, 15) is 0 Å². The molecule has 0 spiro atoms. The maximum Gasteiger partial charge on any atom is 0.243 e. The molecule has 0 amide bonds. The third-order valence-corrected chi connectivity index (χ3v) is 5.09. The second kappa shape index (κ2) is 10.0. The molecule has 0 aliphatic carbocycles. The van der Waals surface area contributed by atoms with Gasteiger partial charge in [-0.1, -0.05) is 26.7 Å². The van der Waals surface area contributed by atoms with E-state index in [4.69, 9.17) is 0 Å². The second-order valence-corrected chi connectivity index (χ2v) is 7.60. The largest absolute Gasteiger partial charge is 0.264 e. The number of aromatic nitrogens is 3. The van der Waals surface area contributed by atoms with Gasteiger partial charge in [-0.2, -0.15) is 30.0 Å². The highest BCUT2D eigenvalue weighted by molar-refractivity contribution is 6.34. The van der Waals surface area contributed by atoms with Crippen molar-refractivity contribution in [1.82, 2.24) is 19.9 Å². The second-order valence-electron chi connectivity index (χ2n) is 7.60. The topological polar surface area (TPSA) is 116 Å². The Hall–Kier alpha value is -4.73. The molecule has 172 valence electrons. The van der Waals surface area contributed by atoms with Gasteiger partial charge in [-0.05, 0) is 36.4 Å². The van der Waals surface area contributed by atoms with Crippen LogP contribution in [0, 0.1) is 0 Å². The number of rotatable bonds is 4. The Balaban J connectivity index is 0.000000591. The summed E-state index contributed by atoms with van der Waals surface area (Å²) in [4.78, 5) is 41.9. The Morgan fingerprint density at radius 1 is 0.514 bits per heavy atom. The molecular formula is C25H22N10. The maximum absolute atomic E-state index is 4.63. The minimum Gasteiger partial charge on any atom is -0.264 e. The molecule has 6 heterocycles. The quantitative estimate of drug-likeness (QED) is 0.587. The average Bonchev–Trinajstić information content (AvgIpc) is 2.94. The van der Waals surface area contributed by atoms with Crippen LogP contribution in [0.4, 0.5) is 0 Å². The lowest BCUT2D eigenvalue weighted by atomic mass is 10.2. The first-order chi connectivity index (χ1) is 17.3. The van der Waals surface area contributed by atoms with Gasteiger partial charge in [0.15, 0.2) is 17.5 Å². The molecule has 6 rings (SSSR count). The Morgan fingerprint density at radius 3 is 1.11 bits per heavy atom. The summed E-state index contributed by atoms with van der Waals surface area (Å²) in [7, 11) is 0. The number of nitrogens with zero attached hydrogens (tertiary/aromatic N) is 10. The molecule has 0 aromatic carbocycles. The molecule has 0 atom stereocenters. The van der Waals surface area contributed by atoms with Crippen LogP contribution in [0.1, 0.15) is 43.4 Å². The zero-order valence-electron chi connectivity index (χ0n) is 19.3.